The van der Waals surface area contributed by atoms with Crippen molar-refractivity contribution in [1.29, 1.82) is 0 Å². The maximum absolute atomic E-state index is 5.92. The van der Waals surface area contributed by atoms with E-state index in [1.165, 1.54) is 0 Å². The van der Waals surface area contributed by atoms with Crippen LogP contribution in [-0.4, -0.2) is 18.9 Å². The summed E-state index contributed by atoms with van der Waals surface area (Å²) in [6.45, 7) is 2.77. The molecule has 6 heteroatoms. The first kappa shape index (κ1) is 13.8. The molecule has 0 fully saturated rings. The normalized spacial score (nSPS) is 12.3. The minimum Gasteiger partial charge on any atom is -0.493 e. The summed E-state index contributed by atoms with van der Waals surface area (Å²) >= 11 is 5.92. The Morgan fingerprint density at radius 3 is 2.95 bits per heavy atom. The third-order valence-corrected chi connectivity index (χ3v) is 3.62. The number of aromatic nitrogens is 1. The van der Waals surface area contributed by atoms with E-state index in [9.17, 15) is 0 Å². The van der Waals surface area contributed by atoms with Gasteiger partial charge >= 0.3 is 0 Å². The second-order valence-corrected chi connectivity index (χ2v) is 5.08. The molecule has 1 aromatic carbocycles. The molecule has 0 atom stereocenters. The molecule has 110 valence electrons. The summed E-state index contributed by atoms with van der Waals surface area (Å²) in [6.07, 6.45) is 1.71. The fourth-order valence-corrected chi connectivity index (χ4v) is 2.25. The van der Waals surface area contributed by atoms with E-state index in [0.29, 0.717) is 28.9 Å². The topological polar surface area (TPSA) is 52.6 Å². The van der Waals surface area contributed by atoms with E-state index < -0.39 is 0 Å². The minimum absolute atomic E-state index is 0.225. The van der Waals surface area contributed by atoms with Gasteiger partial charge in [0.15, 0.2) is 11.5 Å². The molecule has 0 amide bonds. The molecular weight excluding hydrogens is 292 g/mol. The number of hydrogen-bond acceptors (Lipinski definition) is 5. The Bertz CT molecular complexity index is 676. The van der Waals surface area contributed by atoms with Crippen LogP contribution < -0.4 is 19.5 Å². The molecule has 21 heavy (non-hydrogen) atoms. The predicted molar refractivity (Wildman–Crippen MR) is 80.4 cm³/mol. The SMILES string of the molecule is COc1cc(CNc2cnc(Cl)c(C)c2)cc2c1OCO2. The quantitative estimate of drug-likeness (QED) is 0.878. The lowest BCUT2D eigenvalue weighted by Crippen LogP contribution is -2.01. The molecule has 0 spiro atoms. The number of nitrogens with zero attached hydrogens (tertiary/aromatic N) is 1. The lowest BCUT2D eigenvalue weighted by Gasteiger charge is -2.10. The van der Waals surface area contributed by atoms with E-state index in [-0.39, 0.29) is 6.79 Å². The van der Waals surface area contributed by atoms with E-state index in [2.05, 4.69) is 10.3 Å². The van der Waals surface area contributed by atoms with Gasteiger partial charge in [0.05, 0.1) is 19.0 Å². The maximum Gasteiger partial charge on any atom is 0.231 e. The van der Waals surface area contributed by atoms with Gasteiger partial charge in [-0.15, -0.1) is 0 Å². The van der Waals surface area contributed by atoms with E-state index in [4.69, 9.17) is 25.8 Å². The van der Waals surface area contributed by atoms with Crippen LogP contribution in [0, 0.1) is 6.92 Å². The van der Waals surface area contributed by atoms with Gasteiger partial charge in [0.2, 0.25) is 12.5 Å². The first-order valence-electron chi connectivity index (χ1n) is 6.50. The van der Waals surface area contributed by atoms with Crippen molar-refractivity contribution in [3.8, 4) is 17.2 Å². The number of aryl methyl sites for hydroxylation is 1. The third-order valence-electron chi connectivity index (χ3n) is 3.23. The van der Waals surface area contributed by atoms with Crippen molar-refractivity contribution in [2.75, 3.05) is 19.2 Å². The van der Waals surface area contributed by atoms with Crippen molar-refractivity contribution in [1.82, 2.24) is 4.98 Å². The van der Waals surface area contributed by atoms with Crippen LogP contribution >= 0.6 is 11.6 Å². The Labute approximate surface area is 127 Å². The average Bonchev–Trinajstić information content (AvgIpc) is 2.96. The van der Waals surface area contributed by atoms with Crippen molar-refractivity contribution < 1.29 is 14.2 Å². The standard InChI is InChI=1S/C15H15ClN2O3/c1-9-3-11(7-18-15(9)16)17-6-10-4-12(19-2)14-13(5-10)20-8-21-14/h3-5,7,17H,6,8H2,1-2H3. The van der Waals surface area contributed by atoms with Gasteiger partial charge < -0.3 is 19.5 Å². The summed E-state index contributed by atoms with van der Waals surface area (Å²) in [7, 11) is 1.61. The monoisotopic (exact) mass is 306 g/mol. The zero-order valence-electron chi connectivity index (χ0n) is 11.8. The summed E-state index contributed by atoms with van der Waals surface area (Å²) in [5.74, 6) is 2.04. The zero-order valence-corrected chi connectivity index (χ0v) is 12.5. The minimum atomic E-state index is 0.225. The van der Waals surface area contributed by atoms with Gasteiger partial charge in [-0.2, -0.15) is 0 Å². The summed E-state index contributed by atoms with van der Waals surface area (Å²) < 4.78 is 16.1. The van der Waals surface area contributed by atoms with Crippen molar-refractivity contribution in [3.63, 3.8) is 0 Å². The Kier molecular flexibility index (Phi) is 3.75. The molecular formula is C15H15ClN2O3. The Morgan fingerprint density at radius 1 is 1.33 bits per heavy atom. The fourth-order valence-electron chi connectivity index (χ4n) is 2.14. The highest BCUT2D eigenvalue weighted by Crippen LogP contribution is 2.41. The first-order chi connectivity index (χ1) is 10.2. The molecule has 0 bridgehead atoms. The lowest BCUT2D eigenvalue weighted by atomic mass is 10.1. The van der Waals surface area contributed by atoms with Crippen LogP contribution in [0.1, 0.15) is 11.1 Å². The molecule has 1 aliphatic rings. The van der Waals surface area contributed by atoms with Crippen LogP contribution in [0.5, 0.6) is 17.2 Å². The van der Waals surface area contributed by atoms with E-state index in [1.807, 2.05) is 25.1 Å². The Morgan fingerprint density at radius 2 is 2.19 bits per heavy atom. The van der Waals surface area contributed by atoms with Crippen molar-refractivity contribution in [2.45, 2.75) is 13.5 Å². The van der Waals surface area contributed by atoms with Crippen molar-refractivity contribution >= 4 is 17.3 Å². The van der Waals surface area contributed by atoms with Gasteiger partial charge in [-0.25, -0.2) is 4.98 Å². The number of rotatable bonds is 4. The summed E-state index contributed by atoms with van der Waals surface area (Å²) in [6, 6.07) is 5.82. The molecule has 1 N–H and O–H groups in total. The van der Waals surface area contributed by atoms with Gasteiger partial charge in [-0.05, 0) is 36.2 Å². The second-order valence-electron chi connectivity index (χ2n) is 4.72. The van der Waals surface area contributed by atoms with Crippen LogP contribution in [0.3, 0.4) is 0 Å². The Hall–Kier alpha value is -2.14. The highest BCUT2D eigenvalue weighted by molar-refractivity contribution is 6.30. The smallest absolute Gasteiger partial charge is 0.231 e. The Balaban J connectivity index is 1.77. The molecule has 0 aliphatic carbocycles. The summed E-state index contributed by atoms with van der Waals surface area (Å²) in [5, 5.41) is 3.82. The van der Waals surface area contributed by atoms with Crippen molar-refractivity contribution in [2.24, 2.45) is 0 Å². The highest BCUT2D eigenvalue weighted by atomic mass is 35.5. The fraction of sp³-hybridized carbons (Fsp3) is 0.267. The maximum atomic E-state index is 5.92. The van der Waals surface area contributed by atoms with Gasteiger partial charge in [-0.1, -0.05) is 11.6 Å². The third kappa shape index (κ3) is 2.83. The number of fused-ring (bicyclic) bond motifs is 1. The van der Waals surface area contributed by atoms with E-state index >= 15 is 0 Å². The molecule has 2 heterocycles. The molecule has 0 unspecified atom stereocenters. The van der Waals surface area contributed by atoms with Crippen molar-refractivity contribution in [3.05, 3.63) is 40.7 Å². The van der Waals surface area contributed by atoms with E-state index in [1.54, 1.807) is 13.3 Å². The number of ether oxygens (including phenoxy) is 3. The number of halogens is 1. The molecule has 0 saturated carbocycles. The van der Waals surface area contributed by atoms with Crippen LogP contribution in [0.2, 0.25) is 5.15 Å². The number of anilines is 1. The van der Waals surface area contributed by atoms with Crippen LogP contribution in [0.25, 0.3) is 0 Å². The number of pyridine rings is 1. The number of methoxy groups -OCH3 is 1. The van der Waals surface area contributed by atoms with Gasteiger partial charge in [0.1, 0.15) is 5.15 Å². The van der Waals surface area contributed by atoms with Gasteiger partial charge in [0.25, 0.3) is 0 Å². The summed E-state index contributed by atoms with van der Waals surface area (Å²) in [4.78, 5) is 4.12. The molecule has 1 aromatic heterocycles. The van der Waals surface area contributed by atoms with E-state index in [0.717, 1.165) is 16.8 Å². The summed E-state index contributed by atoms with van der Waals surface area (Å²) in [5.41, 5.74) is 2.88. The lowest BCUT2D eigenvalue weighted by molar-refractivity contribution is 0.171. The largest absolute Gasteiger partial charge is 0.493 e. The predicted octanol–water partition coefficient (Wildman–Crippen LogP) is 3.39. The molecule has 5 nitrogen and oxygen atoms in total. The molecule has 2 aromatic rings. The number of nitrogens with one attached hydrogen (secondary N) is 1. The molecule has 0 radical (unpaired) electrons. The second kappa shape index (κ2) is 5.69. The van der Waals surface area contributed by atoms with Crippen LogP contribution in [-0.2, 0) is 6.54 Å². The van der Waals surface area contributed by atoms with Gasteiger partial charge in [-0.3, -0.25) is 0 Å². The number of benzene rings is 1. The molecule has 3 rings (SSSR count). The zero-order chi connectivity index (χ0) is 14.8. The first-order valence-corrected chi connectivity index (χ1v) is 6.87. The van der Waals surface area contributed by atoms with Gasteiger partial charge in [0, 0.05) is 6.54 Å². The number of hydrogen-bond donors (Lipinski definition) is 1. The van der Waals surface area contributed by atoms with Crippen LogP contribution in [0.4, 0.5) is 5.69 Å². The molecule has 1 aliphatic heterocycles. The van der Waals surface area contributed by atoms with Crippen LogP contribution in [0.15, 0.2) is 24.4 Å². The highest BCUT2D eigenvalue weighted by Gasteiger charge is 2.19. The average molecular weight is 307 g/mol. The molecule has 0 saturated heterocycles.